The zero-order valence-electron chi connectivity index (χ0n) is 13.9. The van der Waals surface area contributed by atoms with Crippen molar-refractivity contribution >= 4 is 32.6 Å². The van der Waals surface area contributed by atoms with Gasteiger partial charge in [-0.05, 0) is 18.2 Å². The number of hydrogen-bond acceptors (Lipinski definition) is 4. The van der Waals surface area contributed by atoms with Gasteiger partial charge < -0.3 is 9.80 Å². The maximum atomic E-state index is 13.8. The number of thiazole rings is 1. The van der Waals surface area contributed by atoms with Gasteiger partial charge in [-0.1, -0.05) is 17.4 Å². The number of nitrogens with zero attached hydrogens (tertiary/aromatic N) is 3. The Morgan fingerprint density at radius 3 is 2.30 bits per heavy atom. The highest BCUT2D eigenvalue weighted by molar-refractivity contribution is 7.22. The number of rotatable bonds is 2. The average Bonchev–Trinajstić information content (AvgIpc) is 3.06. The lowest BCUT2D eigenvalue weighted by molar-refractivity contribution is 0.0737. The summed E-state index contributed by atoms with van der Waals surface area (Å²) in [6.45, 7) is 1.20. The van der Waals surface area contributed by atoms with Gasteiger partial charge in [0.15, 0.2) is 10.9 Å². The van der Waals surface area contributed by atoms with Crippen LogP contribution in [0.15, 0.2) is 30.3 Å². The van der Waals surface area contributed by atoms with Crippen molar-refractivity contribution in [3.8, 4) is 0 Å². The number of halogens is 4. The van der Waals surface area contributed by atoms with Crippen LogP contribution in [0.25, 0.3) is 10.2 Å². The first-order valence-corrected chi connectivity index (χ1v) is 8.99. The number of benzene rings is 2. The molecule has 0 saturated carbocycles. The monoisotopic (exact) mass is 395 g/mol. The minimum Gasteiger partial charge on any atom is -0.345 e. The molecule has 4 rings (SSSR count). The molecule has 1 fully saturated rings. The number of carbonyl (C=O) groups excluding carboxylic acids is 1. The van der Waals surface area contributed by atoms with E-state index >= 15 is 0 Å². The summed E-state index contributed by atoms with van der Waals surface area (Å²) in [5, 5.41) is 0.513. The molecule has 1 aliphatic rings. The molecule has 0 spiro atoms. The summed E-state index contributed by atoms with van der Waals surface area (Å²) in [5.41, 5.74) is -0.466. The topological polar surface area (TPSA) is 36.4 Å². The minimum atomic E-state index is -0.897. The van der Waals surface area contributed by atoms with Crippen molar-refractivity contribution in [2.45, 2.75) is 0 Å². The molecule has 0 unspecified atom stereocenters. The molecule has 27 heavy (non-hydrogen) atoms. The third-order valence-corrected chi connectivity index (χ3v) is 5.48. The molecule has 2 heterocycles. The first-order valence-electron chi connectivity index (χ1n) is 8.18. The van der Waals surface area contributed by atoms with E-state index in [1.807, 2.05) is 4.90 Å². The molecule has 0 radical (unpaired) electrons. The van der Waals surface area contributed by atoms with E-state index in [1.165, 1.54) is 17.0 Å². The fourth-order valence-corrected chi connectivity index (χ4v) is 4.10. The van der Waals surface area contributed by atoms with Crippen molar-refractivity contribution in [3.05, 3.63) is 59.2 Å². The summed E-state index contributed by atoms with van der Waals surface area (Å²) in [6, 6.07) is 5.29. The van der Waals surface area contributed by atoms with Gasteiger partial charge >= 0.3 is 0 Å². The number of amides is 1. The van der Waals surface area contributed by atoms with E-state index in [0.29, 0.717) is 22.9 Å². The van der Waals surface area contributed by atoms with Gasteiger partial charge in [-0.15, -0.1) is 0 Å². The van der Waals surface area contributed by atoms with Crippen LogP contribution in [0.5, 0.6) is 0 Å². The van der Waals surface area contributed by atoms with E-state index < -0.39 is 34.7 Å². The Labute approximate surface area is 155 Å². The summed E-state index contributed by atoms with van der Waals surface area (Å²) in [4.78, 5) is 19.8. The highest BCUT2D eigenvalue weighted by Gasteiger charge is 2.27. The quantitative estimate of drug-likeness (QED) is 0.619. The van der Waals surface area contributed by atoms with Gasteiger partial charge in [0.2, 0.25) is 0 Å². The fraction of sp³-hybridized carbons (Fsp3) is 0.222. The molecule has 1 aromatic heterocycles. The smallest absolute Gasteiger partial charge is 0.259 e. The van der Waals surface area contributed by atoms with Crippen LogP contribution >= 0.6 is 11.3 Å². The van der Waals surface area contributed by atoms with Gasteiger partial charge in [-0.25, -0.2) is 22.5 Å². The van der Waals surface area contributed by atoms with Crippen LogP contribution in [-0.4, -0.2) is 42.0 Å². The van der Waals surface area contributed by atoms with Crippen molar-refractivity contribution in [1.29, 1.82) is 0 Å². The molecule has 140 valence electrons. The second-order valence-corrected chi connectivity index (χ2v) is 7.12. The highest BCUT2D eigenvalue weighted by atomic mass is 32.1. The Morgan fingerprint density at radius 1 is 0.963 bits per heavy atom. The standard InChI is InChI=1S/C18H13F4N3OS/c19-10-8-13(22)16-14(9-10)27-18(23-16)25-6-4-24(5-7-25)17(26)15-11(20)2-1-3-12(15)21/h1-3,8-9H,4-7H2. The number of fused-ring (bicyclic) bond motifs is 1. The first-order chi connectivity index (χ1) is 12.9. The summed E-state index contributed by atoms with van der Waals surface area (Å²) < 4.78 is 55.2. The molecule has 4 nitrogen and oxygen atoms in total. The fourth-order valence-electron chi connectivity index (χ4n) is 3.04. The second kappa shape index (κ2) is 6.80. The van der Waals surface area contributed by atoms with E-state index in [-0.39, 0.29) is 18.6 Å². The zero-order valence-corrected chi connectivity index (χ0v) is 14.7. The maximum absolute atomic E-state index is 13.8. The molecule has 3 aromatic rings. The van der Waals surface area contributed by atoms with E-state index in [1.54, 1.807) is 0 Å². The van der Waals surface area contributed by atoms with Crippen LogP contribution < -0.4 is 4.90 Å². The highest BCUT2D eigenvalue weighted by Crippen LogP contribution is 2.31. The number of hydrogen-bond donors (Lipinski definition) is 0. The van der Waals surface area contributed by atoms with Crippen molar-refractivity contribution < 1.29 is 22.4 Å². The van der Waals surface area contributed by atoms with Crippen LogP contribution in [0.1, 0.15) is 10.4 Å². The number of anilines is 1. The van der Waals surface area contributed by atoms with Crippen molar-refractivity contribution in [2.24, 2.45) is 0 Å². The normalized spacial score (nSPS) is 14.8. The van der Waals surface area contributed by atoms with Gasteiger partial charge in [0.1, 0.15) is 28.5 Å². The van der Waals surface area contributed by atoms with E-state index in [9.17, 15) is 22.4 Å². The molecule has 0 bridgehead atoms. The molecule has 2 aromatic carbocycles. The number of aromatic nitrogens is 1. The van der Waals surface area contributed by atoms with Gasteiger partial charge in [-0.2, -0.15) is 0 Å². The lowest BCUT2D eigenvalue weighted by Gasteiger charge is -2.34. The average molecular weight is 395 g/mol. The Morgan fingerprint density at radius 2 is 1.63 bits per heavy atom. The Hall–Kier alpha value is -2.68. The van der Waals surface area contributed by atoms with Gasteiger partial charge in [-0.3, -0.25) is 4.79 Å². The molecule has 1 aliphatic heterocycles. The summed E-state index contributed by atoms with van der Waals surface area (Å²) in [5.74, 6) is -3.89. The minimum absolute atomic E-state index is 0.100. The predicted octanol–water partition coefficient (Wildman–Crippen LogP) is 3.82. The molecule has 0 aliphatic carbocycles. The van der Waals surface area contributed by atoms with E-state index in [2.05, 4.69) is 4.98 Å². The summed E-state index contributed by atoms with van der Waals surface area (Å²) in [7, 11) is 0. The largest absolute Gasteiger partial charge is 0.345 e. The third kappa shape index (κ3) is 3.23. The first kappa shape index (κ1) is 17.7. The second-order valence-electron chi connectivity index (χ2n) is 6.11. The van der Waals surface area contributed by atoms with Crippen molar-refractivity contribution in [3.63, 3.8) is 0 Å². The SMILES string of the molecule is O=C(c1c(F)cccc1F)N1CCN(c2nc3c(F)cc(F)cc3s2)CC1. The van der Waals surface area contributed by atoms with E-state index in [0.717, 1.165) is 29.5 Å². The van der Waals surface area contributed by atoms with Crippen LogP contribution in [0, 0.1) is 23.3 Å². The number of carbonyl (C=O) groups is 1. The summed E-state index contributed by atoms with van der Waals surface area (Å²) >= 11 is 1.15. The van der Waals surface area contributed by atoms with E-state index in [4.69, 9.17) is 0 Å². The van der Waals surface area contributed by atoms with Gasteiger partial charge in [0, 0.05) is 32.2 Å². The van der Waals surface area contributed by atoms with Crippen LogP contribution in [0.2, 0.25) is 0 Å². The third-order valence-electron chi connectivity index (χ3n) is 4.42. The van der Waals surface area contributed by atoms with Gasteiger partial charge in [0.05, 0.1) is 4.70 Å². The Kier molecular flexibility index (Phi) is 4.47. The number of piperazine rings is 1. The Bertz CT molecular complexity index is 1010. The molecule has 0 atom stereocenters. The van der Waals surface area contributed by atoms with Crippen molar-refractivity contribution in [1.82, 2.24) is 9.88 Å². The van der Waals surface area contributed by atoms with Crippen molar-refractivity contribution in [2.75, 3.05) is 31.1 Å². The maximum Gasteiger partial charge on any atom is 0.259 e. The summed E-state index contributed by atoms with van der Waals surface area (Å²) in [6.07, 6.45) is 0. The zero-order chi connectivity index (χ0) is 19.1. The molecule has 1 saturated heterocycles. The molecule has 0 N–H and O–H groups in total. The molecule has 9 heteroatoms. The molecular weight excluding hydrogens is 382 g/mol. The Balaban J connectivity index is 1.51. The van der Waals surface area contributed by atoms with Crippen LogP contribution in [0.4, 0.5) is 22.7 Å². The van der Waals surface area contributed by atoms with Gasteiger partial charge in [0.25, 0.3) is 5.91 Å². The predicted molar refractivity (Wildman–Crippen MR) is 94.0 cm³/mol. The van der Waals surface area contributed by atoms with Crippen LogP contribution in [-0.2, 0) is 0 Å². The lowest BCUT2D eigenvalue weighted by atomic mass is 10.1. The molecular formula is C18H13F4N3OS. The molecule has 1 amide bonds. The van der Waals surface area contributed by atoms with Crippen LogP contribution in [0.3, 0.4) is 0 Å². The lowest BCUT2D eigenvalue weighted by Crippen LogP contribution is -2.49.